The minimum Gasteiger partial charge on any atom is -0.454 e. The Balaban J connectivity index is 0.00000192. The number of halogens is 1. The van der Waals surface area contributed by atoms with E-state index >= 15 is 0 Å². The molecule has 0 unspecified atom stereocenters. The average molecular weight is 425 g/mol. The lowest BCUT2D eigenvalue weighted by molar-refractivity contribution is 0.174. The molecule has 3 rings (SSSR count). The van der Waals surface area contributed by atoms with Crippen molar-refractivity contribution in [3.05, 3.63) is 53.1 Å². The standard InChI is InChI=1S/C17H19N3O2.HI/c1-11-5-12(2)7-14(6-11)20-17(18)19-9-13-3-4-15-16(8-13)22-10-21-15;/h3-8H,9-10H2,1-2H3,(H3,18,19,20);1H. The van der Waals surface area contributed by atoms with E-state index in [1.54, 1.807) is 0 Å². The normalized spacial score (nSPS) is 12.7. The molecule has 0 radical (unpaired) electrons. The summed E-state index contributed by atoms with van der Waals surface area (Å²) < 4.78 is 10.6. The number of guanidine groups is 1. The van der Waals surface area contributed by atoms with Gasteiger partial charge in [-0.2, -0.15) is 0 Å². The monoisotopic (exact) mass is 425 g/mol. The Kier molecular flexibility index (Phi) is 5.70. The van der Waals surface area contributed by atoms with Gasteiger partial charge in [0.1, 0.15) is 0 Å². The minimum atomic E-state index is 0. The Bertz CT molecular complexity index is 712. The van der Waals surface area contributed by atoms with E-state index in [0.29, 0.717) is 12.5 Å². The molecule has 0 saturated heterocycles. The Labute approximate surface area is 152 Å². The molecule has 122 valence electrons. The zero-order valence-corrected chi connectivity index (χ0v) is 15.5. The highest BCUT2D eigenvalue weighted by Gasteiger charge is 2.12. The smallest absolute Gasteiger partial charge is 0.231 e. The number of nitrogens with zero attached hydrogens (tertiary/aromatic N) is 1. The zero-order valence-electron chi connectivity index (χ0n) is 13.1. The fourth-order valence-electron chi connectivity index (χ4n) is 2.45. The molecule has 1 heterocycles. The summed E-state index contributed by atoms with van der Waals surface area (Å²) in [4.78, 5) is 4.36. The molecule has 0 amide bonds. The van der Waals surface area contributed by atoms with Crippen molar-refractivity contribution in [3.8, 4) is 11.5 Å². The van der Waals surface area contributed by atoms with Crippen LogP contribution in [0.15, 0.2) is 41.4 Å². The largest absolute Gasteiger partial charge is 0.454 e. The van der Waals surface area contributed by atoms with Gasteiger partial charge < -0.3 is 20.5 Å². The average Bonchev–Trinajstić information content (AvgIpc) is 2.91. The van der Waals surface area contributed by atoms with Crippen LogP contribution in [-0.4, -0.2) is 12.8 Å². The number of nitrogens with one attached hydrogen (secondary N) is 1. The molecule has 0 fully saturated rings. The first kappa shape index (κ1) is 17.4. The van der Waals surface area contributed by atoms with Gasteiger partial charge >= 0.3 is 0 Å². The van der Waals surface area contributed by atoms with Crippen LogP contribution < -0.4 is 20.5 Å². The van der Waals surface area contributed by atoms with Crippen molar-refractivity contribution in [2.75, 3.05) is 12.1 Å². The van der Waals surface area contributed by atoms with Crippen molar-refractivity contribution in [1.82, 2.24) is 0 Å². The molecule has 23 heavy (non-hydrogen) atoms. The second-order valence-electron chi connectivity index (χ2n) is 5.39. The summed E-state index contributed by atoms with van der Waals surface area (Å²) in [7, 11) is 0. The van der Waals surface area contributed by atoms with Crippen LogP contribution in [0.2, 0.25) is 0 Å². The molecule has 3 N–H and O–H groups in total. The van der Waals surface area contributed by atoms with Crippen molar-refractivity contribution < 1.29 is 9.47 Å². The number of aryl methyl sites for hydroxylation is 2. The van der Waals surface area contributed by atoms with Crippen LogP contribution in [0.3, 0.4) is 0 Å². The maximum Gasteiger partial charge on any atom is 0.231 e. The SMILES string of the molecule is Cc1cc(C)cc(NC(N)=NCc2ccc3c(c2)OCO3)c1.I. The van der Waals surface area contributed by atoms with Crippen molar-refractivity contribution in [3.63, 3.8) is 0 Å². The van der Waals surface area contributed by atoms with E-state index in [0.717, 1.165) is 22.7 Å². The van der Waals surface area contributed by atoms with Gasteiger partial charge in [0, 0.05) is 5.69 Å². The van der Waals surface area contributed by atoms with Crippen molar-refractivity contribution in [2.24, 2.45) is 10.7 Å². The van der Waals surface area contributed by atoms with Gasteiger partial charge in [0.15, 0.2) is 17.5 Å². The van der Waals surface area contributed by atoms with E-state index in [2.05, 4.69) is 30.2 Å². The number of rotatable bonds is 3. The van der Waals surface area contributed by atoms with E-state index in [9.17, 15) is 0 Å². The topological polar surface area (TPSA) is 68.9 Å². The molecule has 0 aromatic heterocycles. The molecule has 0 bridgehead atoms. The van der Waals surface area contributed by atoms with Gasteiger partial charge in [0.05, 0.1) is 6.54 Å². The number of ether oxygens (including phenoxy) is 2. The van der Waals surface area contributed by atoms with Gasteiger partial charge in [-0.05, 0) is 54.8 Å². The number of aliphatic imine (C=N–C) groups is 1. The van der Waals surface area contributed by atoms with Gasteiger partial charge in [-0.3, -0.25) is 0 Å². The summed E-state index contributed by atoms with van der Waals surface area (Å²) in [5.74, 6) is 1.92. The van der Waals surface area contributed by atoms with Crippen LogP contribution in [0.4, 0.5) is 5.69 Å². The van der Waals surface area contributed by atoms with Gasteiger partial charge in [-0.25, -0.2) is 4.99 Å². The molecule has 2 aromatic rings. The van der Waals surface area contributed by atoms with Gasteiger partial charge in [-0.1, -0.05) is 12.1 Å². The van der Waals surface area contributed by atoms with Crippen molar-refractivity contribution in [1.29, 1.82) is 0 Å². The summed E-state index contributed by atoms with van der Waals surface area (Å²) in [5, 5.41) is 3.12. The minimum absolute atomic E-state index is 0. The lowest BCUT2D eigenvalue weighted by Gasteiger charge is -2.08. The Morgan fingerprint density at radius 3 is 2.52 bits per heavy atom. The molecule has 2 aromatic carbocycles. The molecule has 6 heteroatoms. The van der Waals surface area contributed by atoms with Gasteiger partial charge in [0.2, 0.25) is 6.79 Å². The molecule has 5 nitrogen and oxygen atoms in total. The lowest BCUT2D eigenvalue weighted by Crippen LogP contribution is -2.22. The van der Waals surface area contributed by atoms with Crippen molar-refractivity contribution in [2.45, 2.75) is 20.4 Å². The zero-order chi connectivity index (χ0) is 15.5. The van der Waals surface area contributed by atoms with Gasteiger partial charge in [-0.15, -0.1) is 24.0 Å². The van der Waals surface area contributed by atoms with E-state index in [1.807, 2.05) is 30.3 Å². The molecule has 0 atom stereocenters. The van der Waals surface area contributed by atoms with Gasteiger partial charge in [0.25, 0.3) is 0 Å². The van der Waals surface area contributed by atoms with Crippen LogP contribution in [-0.2, 0) is 6.54 Å². The molecule has 1 aliphatic heterocycles. The summed E-state index contributed by atoms with van der Waals surface area (Å²) in [5.41, 5.74) is 10.3. The first-order valence-corrected chi connectivity index (χ1v) is 7.14. The van der Waals surface area contributed by atoms with Crippen LogP contribution in [0.1, 0.15) is 16.7 Å². The predicted octanol–water partition coefficient (Wildman–Crippen LogP) is 3.58. The molecule has 0 aliphatic carbocycles. The predicted molar refractivity (Wildman–Crippen MR) is 103 cm³/mol. The molecular weight excluding hydrogens is 405 g/mol. The summed E-state index contributed by atoms with van der Waals surface area (Å²) in [6.07, 6.45) is 0. The number of hydrogen-bond donors (Lipinski definition) is 2. The highest BCUT2D eigenvalue weighted by molar-refractivity contribution is 14.0. The van der Waals surface area contributed by atoms with E-state index < -0.39 is 0 Å². The number of benzene rings is 2. The first-order valence-electron chi connectivity index (χ1n) is 7.14. The third-order valence-corrected chi connectivity index (χ3v) is 3.36. The number of nitrogens with two attached hydrogens (primary N) is 1. The van der Waals surface area contributed by atoms with Crippen LogP contribution >= 0.6 is 24.0 Å². The fourth-order valence-corrected chi connectivity index (χ4v) is 2.45. The van der Waals surface area contributed by atoms with Crippen LogP contribution in [0.25, 0.3) is 0 Å². The van der Waals surface area contributed by atoms with Crippen LogP contribution in [0, 0.1) is 13.8 Å². The number of fused-ring (bicyclic) bond motifs is 1. The summed E-state index contributed by atoms with van der Waals surface area (Å²) >= 11 is 0. The summed E-state index contributed by atoms with van der Waals surface area (Å²) in [6.45, 7) is 4.87. The first-order chi connectivity index (χ1) is 10.6. The second-order valence-corrected chi connectivity index (χ2v) is 5.39. The quantitative estimate of drug-likeness (QED) is 0.448. The Morgan fingerprint density at radius 2 is 1.78 bits per heavy atom. The number of hydrogen-bond acceptors (Lipinski definition) is 3. The van der Waals surface area contributed by atoms with E-state index in [-0.39, 0.29) is 30.8 Å². The highest BCUT2D eigenvalue weighted by Crippen LogP contribution is 2.32. The maximum absolute atomic E-state index is 5.95. The lowest BCUT2D eigenvalue weighted by atomic mass is 10.1. The Morgan fingerprint density at radius 1 is 1.09 bits per heavy atom. The third kappa shape index (κ3) is 4.51. The highest BCUT2D eigenvalue weighted by atomic mass is 127. The number of anilines is 1. The maximum atomic E-state index is 5.95. The summed E-state index contributed by atoms with van der Waals surface area (Å²) in [6, 6.07) is 12.0. The molecule has 1 aliphatic rings. The molecule has 0 spiro atoms. The molecular formula is C17H20IN3O2. The third-order valence-electron chi connectivity index (χ3n) is 3.36. The molecule has 0 saturated carbocycles. The van der Waals surface area contributed by atoms with Crippen molar-refractivity contribution >= 4 is 35.6 Å². The Hall–Kier alpha value is -1.96. The van der Waals surface area contributed by atoms with E-state index in [1.165, 1.54) is 11.1 Å². The fraction of sp³-hybridized carbons (Fsp3) is 0.235. The second kappa shape index (κ2) is 7.54. The van der Waals surface area contributed by atoms with E-state index in [4.69, 9.17) is 15.2 Å². The van der Waals surface area contributed by atoms with Crippen LogP contribution in [0.5, 0.6) is 11.5 Å².